The molecule has 0 radical (unpaired) electrons. The zero-order chi connectivity index (χ0) is 33.7. The van der Waals surface area contributed by atoms with Crippen LogP contribution < -0.4 is 0 Å². The van der Waals surface area contributed by atoms with E-state index < -0.39 is 0 Å². The molecular formula is C43H30N6. The lowest BCUT2D eigenvalue weighted by Gasteiger charge is -2.13. The van der Waals surface area contributed by atoms with Gasteiger partial charge in [0.1, 0.15) is 0 Å². The lowest BCUT2D eigenvalue weighted by Crippen LogP contribution is -1.99. The Kier molecular flexibility index (Phi) is 8.53. The minimum absolute atomic E-state index is 0.559. The first-order valence-electron chi connectivity index (χ1n) is 16.1. The Morgan fingerprint density at radius 1 is 0.571 bits per heavy atom. The molecule has 0 N–H and O–H groups in total. The molecule has 7 aromatic rings. The van der Waals surface area contributed by atoms with Gasteiger partial charge < -0.3 is 0 Å². The number of aromatic nitrogens is 4. The molecule has 0 unspecified atom stereocenters. The van der Waals surface area contributed by atoms with Gasteiger partial charge in [-0.05, 0) is 71.7 Å². The fourth-order valence-corrected chi connectivity index (χ4v) is 5.92. The molecule has 0 saturated heterocycles. The van der Waals surface area contributed by atoms with Gasteiger partial charge in [0.15, 0.2) is 0 Å². The van der Waals surface area contributed by atoms with Crippen molar-refractivity contribution in [2.75, 3.05) is 0 Å². The minimum atomic E-state index is 0.559. The quantitative estimate of drug-likeness (QED) is 0.155. The number of benzene rings is 5. The molecule has 0 atom stereocenters. The second-order valence-electron chi connectivity index (χ2n) is 11.7. The normalized spacial score (nSPS) is 11.3. The molecule has 232 valence electrons. The van der Waals surface area contributed by atoms with Crippen LogP contribution >= 0.6 is 0 Å². The van der Waals surface area contributed by atoms with E-state index in [2.05, 4.69) is 31.7 Å². The molecule has 0 saturated carbocycles. The molecule has 0 bridgehead atoms. The van der Waals surface area contributed by atoms with E-state index in [1.165, 1.54) is 0 Å². The molecular weight excluding hydrogens is 601 g/mol. The number of hydrogen-bond acceptors (Lipinski definition) is 6. The summed E-state index contributed by atoms with van der Waals surface area (Å²) in [5.74, 6) is 0. The van der Waals surface area contributed by atoms with E-state index in [1.54, 1.807) is 12.1 Å². The SMILES string of the molecule is C=C/C(=C\CCC)c1nc2ccc(-c3ccc4nc(-c5ccccc5)c(-c5cccc(C#N)c5)nc4c3)cc2nc1-c1cccc(C#N)c1. The van der Waals surface area contributed by atoms with E-state index in [1.807, 2.05) is 109 Å². The second kappa shape index (κ2) is 13.5. The highest BCUT2D eigenvalue weighted by Crippen LogP contribution is 2.35. The molecule has 7 rings (SSSR count). The summed E-state index contributed by atoms with van der Waals surface area (Å²) in [4.78, 5) is 20.4. The highest BCUT2D eigenvalue weighted by Gasteiger charge is 2.17. The Balaban J connectivity index is 1.38. The number of rotatable bonds is 8. The van der Waals surface area contributed by atoms with E-state index in [0.717, 1.165) is 79.7 Å². The van der Waals surface area contributed by atoms with Gasteiger partial charge in [0.2, 0.25) is 0 Å². The van der Waals surface area contributed by atoms with Crippen molar-refractivity contribution in [1.29, 1.82) is 10.5 Å². The highest BCUT2D eigenvalue weighted by atomic mass is 14.8. The van der Waals surface area contributed by atoms with Gasteiger partial charge >= 0.3 is 0 Å². The summed E-state index contributed by atoms with van der Waals surface area (Å²) in [5, 5.41) is 19.2. The van der Waals surface area contributed by atoms with Gasteiger partial charge in [0.25, 0.3) is 0 Å². The topological polar surface area (TPSA) is 99.1 Å². The van der Waals surface area contributed by atoms with Crippen LogP contribution in [0.3, 0.4) is 0 Å². The third-order valence-electron chi connectivity index (χ3n) is 8.39. The van der Waals surface area contributed by atoms with Gasteiger partial charge in [0, 0.05) is 16.7 Å². The zero-order valence-electron chi connectivity index (χ0n) is 26.9. The van der Waals surface area contributed by atoms with Crippen LogP contribution in [0.2, 0.25) is 0 Å². The Bertz CT molecular complexity index is 2500. The molecule has 2 aromatic heterocycles. The molecule has 0 aliphatic heterocycles. The average molecular weight is 631 g/mol. The minimum Gasteiger partial charge on any atom is -0.244 e. The molecule has 6 nitrogen and oxygen atoms in total. The predicted octanol–water partition coefficient (Wildman–Crippen LogP) is 10.4. The maximum Gasteiger partial charge on any atom is 0.0991 e. The van der Waals surface area contributed by atoms with Gasteiger partial charge in [-0.15, -0.1) is 0 Å². The summed E-state index contributed by atoms with van der Waals surface area (Å²) in [5.41, 5.74) is 12.5. The summed E-state index contributed by atoms with van der Waals surface area (Å²) in [6.45, 7) is 6.20. The molecule has 0 spiro atoms. The third-order valence-corrected chi connectivity index (χ3v) is 8.39. The van der Waals surface area contributed by atoms with Crippen LogP contribution in [0.5, 0.6) is 0 Å². The van der Waals surface area contributed by atoms with E-state index in [4.69, 9.17) is 19.9 Å². The smallest absolute Gasteiger partial charge is 0.0991 e. The largest absolute Gasteiger partial charge is 0.244 e. The number of nitriles is 2. The Morgan fingerprint density at radius 2 is 1.10 bits per heavy atom. The highest BCUT2D eigenvalue weighted by molar-refractivity contribution is 5.92. The van der Waals surface area contributed by atoms with Crippen molar-refractivity contribution in [3.05, 3.63) is 151 Å². The van der Waals surface area contributed by atoms with Crippen LogP contribution in [0, 0.1) is 22.7 Å². The second-order valence-corrected chi connectivity index (χ2v) is 11.7. The van der Waals surface area contributed by atoms with Gasteiger partial charge in [0.05, 0.1) is 68.1 Å². The van der Waals surface area contributed by atoms with E-state index >= 15 is 0 Å². The summed E-state index contributed by atoms with van der Waals surface area (Å²) < 4.78 is 0. The lowest BCUT2D eigenvalue weighted by molar-refractivity contribution is 0.959. The van der Waals surface area contributed by atoms with Crippen molar-refractivity contribution in [3.8, 4) is 57.0 Å². The van der Waals surface area contributed by atoms with Crippen LogP contribution in [0.25, 0.3) is 72.5 Å². The maximum absolute atomic E-state index is 9.60. The van der Waals surface area contributed by atoms with Crippen LogP contribution in [-0.2, 0) is 0 Å². The number of fused-ring (bicyclic) bond motifs is 2. The van der Waals surface area contributed by atoms with Crippen molar-refractivity contribution in [3.63, 3.8) is 0 Å². The van der Waals surface area contributed by atoms with Crippen molar-refractivity contribution >= 4 is 27.6 Å². The zero-order valence-corrected chi connectivity index (χ0v) is 26.9. The van der Waals surface area contributed by atoms with Crippen molar-refractivity contribution in [1.82, 2.24) is 19.9 Å². The van der Waals surface area contributed by atoms with Crippen LogP contribution in [-0.4, -0.2) is 19.9 Å². The Morgan fingerprint density at radius 3 is 1.69 bits per heavy atom. The molecule has 0 aliphatic rings. The third kappa shape index (κ3) is 6.20. The molecule has 2 heterocycles. The van der Waals surface area contributed by atoms with Gasteiger partial charge in [-0.2, -0.15) is 10.5 Å². The van der Waals surface area contributed by atoms with Crippen molar-refractivity contribution in [2.45, 2.75) is 19.8 Å². The first kappa shape index (κ1) is 30.9. The number of allylic oxidation sites excluding steroid dienone is 3. The van der Waals surface area contributed by atoms with E-state index in [0.29, 0.717) is 22.5 Å². The van der Waals surface area contributed by atoms with Crippen molar-refractivity contribution in [2.24, 2.45) is 0 Å². The summed E-state index contributed by atoms with van der Waals surface area (Å²) >= 11 is 0. The fraction of sp³-hybridized carbons (Fsp3) is 0.0698. The monoisotopic (exact) mass is 630 g/mol. The van der Waals surface area contributed by atoms with Gasteiger partial charge in [-0.3, -0.25) is 0 Å². The van der Waals surface area contributed by atoms with Crippen molar-refractivity contribution < 1.29 is 0 Å². The molecule has 5 aromatic carbocycles. The number of nitrogens with zero attached hydrogens (tertiary/aromatic N) is 6. The molecule has 0 aliphatic carbocycles. The summed E-state index contributed by atoms with van der Waals surface area (Å²) in [7, 11) is 0. The molecule has 0 amide bonds. The fourth-order valence-electron chi connectivity index (χ4n) is 5.92. The Labute approximate surface area is 285 Å². The number of hydrogen-bond donors (Lipinski definition) is 0. The molecule has 49 heavy (non-hydrogen) atoms. The van der Waals surface area contributed by atoms with Gasteiger partial charge in [-0.25, -0.2) is 19.9 Å². The lowest BCUT2D eigenvalue weighted by atomic mass is 9.99. The maximum atomic E-state index is 9.60. The summed E-state index contributed by atoms with van der Waals surface area (Å²) in [6.07, 6.45) is 5.85. The first-order chi connectivity index (χ1) is 24.1. The van der Waals surface area contributed by atoms with E-state index in [9.17, 15) is 10.5 Å². The number of unbranched alkanes of at least 4 members (excludes halogenated alkanes) is 1. The standard InChI is InChI=1S/C43H30N6/c1-3-5-13-30(4-2)40-42(34-16-9-11-28(22-34)26-44)48-38-24-32(18-20-36(38)46-40)33-19-21-37-39(25-33)49-43(35-17-10-12-29(23-35)27-45)41(47-37)31-14-7-6-8-15-31/h4,6-25H,2-3,5H2,1H3/b30-13+. The Hall–Kier alpha value is -6.76. The van der Waals surface area contributed by atoms with E-state index in [-0.39, 0.29) is 0 Å². The van der Waals surface area contributed by atoms with Crippen LogP contribution in [0.4, 0.5) is 0 Å². The molecule has 6 heteroatoms. The first-order valence-corrected chi connectivity index (χ1v) is 16.1. The van der Waals surface area contributed by atoms with Gasteiger partial charge in [-0.1, -0.05) is 98.8 Å². The van der Waals surface area contributed by atoms with Crippen LogP contribution in [0.15, 0.2) is 134 Å². The molecule has 0 fully saturated rings. The summed E-state index contributed by atoms with van der Waals surface area (Å²) in [6, 6.07) is 41.5. The predicted molar refractivity (Wildman–Crippen MR) is 197 cm³/mol. The van der Waals surface area contributed by atoms with Crippen LogP contribution in [0.1, 0.15) is 36.6 Å². The average Bonchev–Trinajstić information content (AvgIpc) is 3.17.